The zero-order chi connectivity index (χ0) is 15.9. The number of rotatable bonds is 4. The summed E-state index contributed by atoms with van der Waals surface area (Å²) in [5.41, 5.74) is 4.13. The van der Waals surface area contributed by atoms with Crippen LogP contribution in [0.5, 0.6) is 5.75 Å². The molecule has 1 aliphatic heterocycles. The molecule has 1 saturated carbocycles. The Morgan fingerprint density at radius 3 is 2.73 bits per heavy atom. The molecule has 2 aliphatic rings. The van der Waals surface area contributed by atoms with Gasteiger partial charge in [-0.15, -0.1) is 0 Å². The molecule has 1 aromatic rings. The van der Waals surface area contributed by atoms with Gasteiger partial charge in [0.25, 0.3) is 0 Å². The van der Waals surface area contributed by atoms with Crippen LogP contribution in [0.15, 0.2) is 6.07 Å². The lowest BCUT2D eigenvalue weighted by Gasteiger charge is -2.30. The van der Waals surface area contributed by atoms with Crippen molar-refractivity contribution in [1.82, 2.24) is 5.32 Å². The maximum atomic E-state index is 12.1. The number of fused-ring (bicyclic) bond motifs is 1. The van der Waals surface area contributed by atoms with E-state index in [0.717, 1.165) is 47.3 Å². The molecule has 0 aromatic heterocycles. The molecular weight excluding hydrogens is 278 g/mol. The Kier molecular flexibility index (Phi) is 4.13. The fourth-order valence-electron chi connectivity index (χ4n) is 3.18. The number of hydrogen-bond acceptors (Lipinski definition) is 3. The highest BCUT2D eigenvalue weighted by Gasteiger charge is 2.33. The number of nitrogens with one attached hydrogen (secondary N) is 1. The first kappa shape index (κ1) is 15.3. The molecule has 4 heteroatoms. The van der Waals surface area contributed by atoms with Gasteiger partial charge in [-0.1, -0.05) is 6.92 Å². The maximum Gasteiger partial charge on any atom is 0.223 e. The van der Waals surface area contributed by atoms with Crippen LogP contribution >= 0.6 is 0 Å². The van der Waals surface area contributed by atoms with Crippen molar-refractivity contribution in [3.63, 3.8) is 0 Å². The molecule has 4 nitrogen and oxygen atoms in total. The predicted molar refractivity (Wildman–Crippen MR) is 84.9 cm³/mol. The zero-order valence-electron chi connectivity index (χ0n) is 13.6. The van der Waals surface area contributed by atoms with Crippen LogP contribution in [0.1, 0.15) is 67.0 Å². The van der Waals surface area contributed by atoms with Crippen molar-refractivity contribution in [3.8, 4) is 5.75 Å². The Labute approximate surface area is 131 Å². The van der Waals surface area contributed by atoms with Gasteiger partial charge in [0.05, 0.1) is 18.8 Å². The van der Waals surface area contributed by atoms with Gasteiger partial charge in [-0.05, 0) is 55.9 Å². The Morgan fingerprint density at radius 2 is 2.09 bits per heavy atom. The van der Waals surface area contributed by atoms with Gasteiger partial charge < -0.3 is 15.2 Å². The van der Waals surface area contributed by atoms with Crippen LogP contribution in [-0.2, 0) is 4.79 Å². The number of aliphatic hydroxyl groups excluding tert-OH is 1. The minimum atomic E-state index is -0.467. The van der Waals surface area contributed by atoms with E-state index in [1.165, 1.54) is 0 Å². The van der Waals surface area contributed by atoms with Crippen LogP contribution in [0.3, 0.4) is 0 Å². The van der Waals surface area contributed by atoms with Crippen LogP contribution in [0.25, 0.3) is 0 Å². The molecule has 1 heterocycles. The molecule has 0 bridgehead atoms. The third-order valence-electron chi connectivity index (χ3n) is 4.95. The number of benzene rings is 1. The third-order valence-corrected chi connectivity index (χ3v) is 4.95. The summed E-state index contributed by atoms with van der Waals surface area (Å²) in [5, 5.41) is 13.4. The summed E-state index contributed by atoms with van der Waals surface area (Å²) in [6, 6.07) is 2.03. The van der Waals surface area contributed by atoms with Gasteiger partial charge in [0.15, 0.2) is 0 Å². The molecule has 1 aliphatic carbocycles. The van der Waals surface area contributed by atoms with Crippen molar-refractivity contribution in [2.24, 2.45) is 5.92 Å². The summed E-state index contributed by atoms with van der Waals surface area (Å²) < 4.78 is 5.86. The summed E-state index contributed by atoms with van der Waals surface area (Å²) in [4.78, 5) is 12.1. The van der Waals surface area contributed by atoms with Crippen molar-refractivity contribution in [2.75, 3.05) is 6.61 Å². The monoisotopic (exact) mass is 303 g/mol. The molecule has 2 atom stereocenters. The number of ether oxygens (including phenoxy) is 1. The molecule has 0 saturated heterocycles. The van der Waals surface area contributed by atoms with E-state index in [9.17, 15) is 9.90 Å². The molecule has 1 aromatic carbocycles. The van der Waals surface area contributed by atoms with E-state index >= 15 is 0 Å². The number of carbonyl (C=O) groups is 1. The van der Waals surface area contributed by atoms with Crippen molar-refractivity contribution in [3.05, 3.63) is 28.3 Å². The van der Waals surface area contributed by atoms with Crippen LogP contribution in [0.4, 0.5) is 0 Å². The highest BCUT2D eigenvalue weighted by atomic mass is 16.5. The number of aliphatic hydroxyl groups is 1. The summed E-state index contributed by atoms with van der Waals surface area (Å²) >= 11 is 0. The number of carbonyl (C=O) groups excluding carboxylic acids is 1. The van der Waals surface area contributed by atoms with Gasteiger partial charge >= 0.3 is 0 Å². The summed E-state index contributed by atoms with van der Waals surface area (Å²) in [5.74, 6) is 1.25. The predicted octanol–water partition coefficient (Wildman–Crippen LogP) is 3.10. The molecular formula is C18H25NO3. The van der Waals surface area contributed by atoms with Gasteiger partial charge in [0, 0.05) is 17.9 Å². The number of hydrogen-bond donors (Lipinski definition) is 2. The van der Waals surface area contributed by atoms with Crippen LogP contribution in [-0.4, -0.2) is 17.6 Å². The third kappa shape index (κ3) is 2.72. The Hall–Kier alpha value is -1.55. The molecule has 0 radical (unpaired) electrons. The molecule has 1 fully saturated rings. The lowest BCUT2D eigenvalue weighted by molar-refractivity contribution is -0.123. The first-order chi connectivity index (χ1) is 10.5. The zero-order valence-corrected chi connectivity index (χ0v) is 13.6. The topological polar surface area (TPSA) is 58.6 Å². The fraction of sp³-hybridized carbons (Fsp3) is 0.611. The second-order valence-electron chi connectivity index (χ2n) is 6.53. The van der Waals surface area contributed by atoms with E-state index in [-0.39, 0.29) is 17.9 Å². The molecule has 1 amide bonds. The molecule has 3 rings (SSSR count). The Balaban J connectivity index is 1.96. The van der Waals surface area contributed by atoms with Gasteiger partial charge in [-0.3, -0.25) is 4.79 Å². The Morgan fingerprint density at radius 1 is 1.36 bits per heavy atom. The van der Waals surface area contributed by atoms with E-state index in [1.54, 1.807) is 0 Å². The van der Waals surface area contributed by atoms with E-state index in [1.807, 2.05) is 26.8 Å². The van der Waals surface area contributed by atoms with Gasteiger partial charge in [0.1, 0.15) is 5.75 Å². The average molecular weight is 303 g/mol. The Bertz CT molecular complexity index is 592. The minimum Gasteiger partial charge on any atom is -0.493 e. The first-order valence-electron chi connectivity index (χ1n) is 8.28. The van der Waals surface area contributed by atoms with Crippen molar-refractivity contribution < 1.29 is 14.6 Å². The quantitative estimate of drug-likeness (QED) is 0.898. The molecule has 0 spiro atoms. The average Bonchev–Trinajstić information content (AvgIpc) is 3.35. The molecule has 2 N–H and O–H groups in total. The van der Waals surface area contributed by atoms with Crippen molar-refractivity contribution >= 4 is 5.91 Å². The highest BCUT2D eigenvalue weighted by molar-refractivity contribution is 5.81. The van der Waals surface area contributed by atoms with Gasteiger partial charge in [0.2, 0.25) is 5.91 Å². The summed E-state index contributed by atoms with van der Waals surface area (Å²) in [7, 11) is 0. The van der Waals surface area contributed by atoms with E-state index in [2.05, 4.69) is 5.32 Å². The lowest BCUT2D eigenvalue weighted by Crippen LogP contribution is -2.33. The second kappa shape index (κ2) is 5.92. The second-order valence-corrected chi connectivity index (χ2v) is 6.53. The van der Waals surface area contributed by atoms with E-state index in [0.29, 0.717) is 13.0 Å². The maximum absolute atomic E-state index is 12.1. The fourth-order valence-corrected chi connectivity index (χ4v) is 3.18. The van der Waals surface area contributed by atoms with Gasteiger partial charge in [-0.25, -0.2) is 0 Å². The normalized spacial score (nSPS) is 21.7. The minimum absolute atomic E-state index is 0.000967. The van der Waals surface area contributed by atoms with Gasteiger partial charge in [-0.2, -0.15) is 0 Å². The lowest BCUT2D eigenvalue weighted by atomic mass is 9.89. The largest absolute Gasteiger partial charge is 0.493 e. The first-order valence-corrected chi connectivity index (χ1v) is 8.28. The summed E-state index contributed by atoms with van der Waals surface area (Å²) in [6.45, 7) is 6.66. The van der Waals surface area contributed by atoms with Crippen LogP contribution < -0.4 is 10.1 Å². The highest BCUT2D eigenvalue weighted by Crippen LogP contribution is 2.40. The van der Waals surface area contributed by atoms with Crippen LogP contribution in [0, 0.1) is 19.8 Å². The van der Waals surface area contributed by atoms with Crippen molar-refractivity contribution in [1.29, 1.82) is 0 Å². The van der Waals surface area contributed by atoms with E-state index in [4.69, 9.17) is 4.74 Å². The van der Waals surface area contributed by atoms with Crippen molar-refractivity contribution in [2.45, 2.75) is 58.6 Å². The van der Waals surface area contributed by atoms with E-state index < -0.39 is 6.10 Å². The molecule has 120 valence electrons. The molecule has 2 unspecified atom stereocenters. The smallest absolute Gasteiger partial charge is 0.223 e. The summed E-state index contributed by atoms with van der Waals surface area (Å²) in [6.07, 6.45) is 3.02. The van der Waals surface area contributed by atoms with Crippen LogP contribution in [0.2, 0.25) is 0 Å². The standard InChI is InChI=1S/C18H25NO3/c1-4-16(20)13-9-14-15(19-18(21)12-5-6-12)7-8-22-17(14)11(3)10(13)2/h9,12,15-16,20H,4-8H2,1-3H3,(H,19,21). The number of amides is 1. The SMILES string of the molecule is CCC(O)c1cc2c(c(C)c1C)OCCC2NC(=O)C1CC1. The molecule has 22 heavy (non-hydrogen) atoms.